The Balaban J connectivity index is 1.03. The number of ketones is 1. The maximum Gasteiger partial charge on any atom is 0.319 e. The van der Waals surface area contributed by atoms with Gasteiger partial charge in [0.1, 0.15) is 17.6 Å². The van der Waals surface area contributed by atoms with Crippen molar-refractivity contribution in [3.05, 3.63) is 77.6 Å². The largest absolute Gasteiger partial charge is 0.468 e. The number of nitrogens with one attached hydrogen (secondary N) is 2. The predicted octanol–water partition coefficient (Wildman–Crippen LogP) is 5.22. The van der Waals surface area contributed by atoms with Crippen LogP contribution >= 0.6 is 0 Å². The number of aromatic nitrogens is 2. The Kier molecular flexibility index (Phi) is 11.2. The fourth-order valence-electron chi connectivity index (χ4n) is 8.29. The first-order valence-corrected chi connectivity index (χ1v) is 20.1. The van der Waals surface area contributed by atoms with Gasteiger partial charge >= 0.3 is 16.2 Å². The normalized spacial score (nSPS) is 22.0. The van der Waals surface area contributed by atoms with Gasteiger partial charge in [-0.05, 0) is 88.0 Å². The lowest BCUT2D eigenvalue weighted by Crippen LogP contribution is -2.58. The second kappa shape index (κ2) is 15.9. The number of likely N-dealkylation sites (tertiary alicyclic amines) is 1. The van der Waals surface area contributed by atoms with E-state index in [1.165, 1.54) is 13.3 Å². The number of carbonyl (C=O) groups is 2. The molecule has 2 aromatic carbocycles. The maximum absolute atomic E-state index is 15.7. The van der Waals surface area contributed by atoms with Crippen LogP contribution in [0.25, 0.3) is 22.2 Å². The number of benzene rings is 2. The molecule has 0 amide bonds. The number of piperidine rings is 1. The molecule has 2 N–H and O–H groups in total. The molecule has 4 aromatic rings. The number of hydrogen-bond acceptors (Lipinski definition) is 9. The fourth-order valence-corrected chi connectivity index (χ4v) is 9.56. The summed E-state index contributed by atoms with van der Waals surface area (Å²) < 4.78 is 77.7. The Bertz CT molecular complexity index is 2150. The molecule has 7 rings (SSSR count). The van der Waals surface area contributed by atoms with E-state index in [0.29, 0.717) is 29.1 Å². The van der Waals surface area contributed by atoms with E-state index in [0.717, 1.165) is 73.3 Å². The number of piperazine rings is 1. The first-order valence-electron chi connectivity index (χ1n) is 18.6. The number of alkyl halides is 1. The van der Waals surface area contributed by atoms with Gasteiger partial charge in [-0.3, -0.25) is 24.1 Å². The average molecular weight is 782 g/mol. The van der Waals surface area contributed by atoms with Crippen molar-refractivity contribution < 1.29 is 35.9 Å². The highest BCUT2D eigenvalue weighted by Crippen LogP contribution is 2.33. The Labute approximate surface area is 318 Å². The number of pyridine rings is 1. The molecule has 0 unspecified atom stereocenters. The van der Waals surface area contributed by atoms with E-state index in [1.54, 1.807) is 12.3 Å². The number of esters is 1. The first-order chi connectivity index (χ1) is 26.3. The number of anilines is 2. The second-order valence-electron chi connectivity index (χ2n) is 15.0. The molecule has 3 fully saturated rings. The molecule has 12 nitrogen and oxygen atoms in total. The molecule has 0 saturated carbocycles. The lowest BCUT2D eigenvalue weighted by molar-refractivity contribution is -0.142. The average Bonchev–Trinajstić information content (AvgIpc) is 3.80. The Morgan fingerprint density at radius 1 is 0.945 bits per heavy atom. The lowest BCUT2D eigenvalue weighted by atomic mass is 9.95. The topological polar surface area (TPSA) is 131 Å². The number of aromatic amines is 1. The number of fused-ring (bicyclic) bond motifs is 1. The maximum atomic E-state index is 15.7. The number of rotatable bonds is 11. The molecule has 0 spiro atoms. The molecular weight excluding hydrogens is 736 g/mol. The van der Waals surface area contributed by atoms with Crippen LogP contribution in [0.15, 0.2) is 54.9 Å². The molecule has 0 bridgehead atoms. The second-order valence-corrected chi connectivity index (χ2v) is 16.6. The summed E-state index contributed by atoms with van der Waals surface area (Å²) in [4.78, 5) is 39.9. The molecule has 5 heterocycles. The smallest absolute Gasteiger partial charge is 0.319 e. The highest BCUT2D eigenvalue weighted by atomic mass is 32.2. The Morgan fingerprint density at radius 2 is 1.65 bits per heavy atom. The van der Waals surface area contributed by atoms with Gasteiger partial charge in [-0.25, -0.2) is 18.2 Å². The van der Waals surface area contributed by atoms with Crippen LogP contribution in [0, 0.1) is 17.6 Å². The van der Waals surface area contributed by atoms with Gasteiger partial charge in [0.15, 0.2) is 5.82 Å². The van der Waals surface area contributed by atoms with Gasteiger partial charge < -0.3 is 14.6 Å². The quantitative estimate of drug-likeness (QED) is 0.155. The van der Waals surface area contributed by atoms with E-state index >= 15 is 8.78 Å². The summed E-state index contributed by atoms with van der Waals surface area (Å²) in [5.74, 6) is -3.12. The summed E-state index contributed by atoms with van der Waals surface area (Å²) in [7, 11) is -2.92. The van der Waals surface area contributed by atoms with Crippen molar-refractivity contribution >= 4 is 44.4 Å². The Hall–Kier alpha value is -4.51. The van der Waals surface area contributed by atoms with Gasteiger partial charge in [0.05, 0.1) is 24.9 Å². The SMILES string of the molecule is COC(=O)CN1CCC(CN2C[C@@H](C)N(c3ccc(-c4cnc5[nH]cc(C(=O)c6c(F)ccc(NS(=O)(=O)N7CC[C@@H](F)C7)c6F)c5c4)cc3)[C@@H](C)C2)CC1. The van der Waals surface area contributed by atoms with E-state index in [2.05, 4.69) is 50.6 Å². The van der Waals surface area contributed by atoms with Crippen molar-refractivity contribution in [3.8, 4) is 11.1 Å². The van der Waals surface area contributed by atoms with E-state index in [9.17, 15) is 22.4 Å². The molecule has 55 heavy (non-hydrogen) atoms. The minimum atomic E-state index is -4.34. The van der Waals surface area contributed by atoms with Crippen molar-refractivity contribution in [3.63, 3.8) is 0 Å². The molecule has 3 saturated heterocycles. The third-order valence-corrected chi connectivity index (χ3v) is 12.6. The summed E-state index contributed by atoms with van der Waals surface area (Å²) in [5.41, 5.74) is 1.36. The molecule has 0 aliphatic carbocycles. The monoisotopic (exact) mass is 781 g/mol. The molecular formula is C39H46F3N7O5S. The third kappa shape index (κ3) is 8.23. The molecule has 3 aliphatic rings. The van der Waals surface area contributed by atoms with Crippen molar-refractivity contribution in [2.75, 3.05) is 69.1 Å². The highest BCUT2D eigenvalue weighted by Gasteiger charge is 2.34. The van der Waals surface area contributed by atoms with Crippen LogP contribution in [0.5, 0.6) is 0 Å². The highest BCUT2D eigenvalue weighted by molar-refractivity contribution is 7.90. The van der Waals surface area contributed by atoms with Gasteiger partial charge in [0.2, 0.25) is 5.78 Å². The summed E-state index contributed by atoms with van der Waals surface area (Å²) in [6.07, 6.45) is 3.78. The fraction of sp³-hybridized carbons (Fsp3) is 0.462. The van der Waals surface area contributed by atoms with Crippen LogP contribution in [0.4, 0.5) is 24.5 Å². The van der Waals surface area contributed by atoms with Gasteiger partial charge in [-0.1, -0.05) is 12.1 Å². The summed E-state index contributed by atoms with van der Waals surface area (Å²) >= 11 is 0. The molecule has 0 radical (unpaired) electrons. The van der Waals surface area contributed by atoms with Gasteiger partial charge in [0.25, 0.3) is 0 Å². The van der Waals surface area contributed by atoms with E-state index in [4.69, 9.17) is 4.74 Å². The zero-order valence-corrected chi connectivity index (χ0v) is 31.9. The number of carbonyl (C=O) groups excluding carboxylic acids is 2. The van der Waals surface area contributed by atoms with Crippen LogP contribution in [0.1, 0.15) is 49.0 Å². The predicted molar refractivity (Wildman–Crippen MR) is 204 cm³/mol. The van der Waals surface area contributed by atoms with Crippen LogP contribution in [0.3, 0.4) is 0 Å². The number of halogens is 3. The van der Waals surface area contributed by atoms with Crippen LogP contribution < -0.4 is 9.62 Å². The van der Waals surface area contributed by atoms with Crippen LogP contribution in [-0.2, 0) is 19.7 Å². The Morgan fingerprint density at radius 3 is 2.31 bits per heavy atom. The first kappa shape index (κ1) is 38.8. The zero-order valence-electron chi connectivity index (χ0n) is 31.1. The van der Waals surface area contributed by atoms with Crippen molar-refractivity contribution in [1.29, 1.82) is 0 Å². The standard InChI is InChI=1S/C39H46F3N7O5S/c1-24-19-47(21-26-10-13-46(14-11-26)23-35(50)54-3)20-25(2)49(24)30-6-4-27(5-7-30)28-16-31-32(18-44-39(31)43-17-28)38(51)36-33(41)8-9-34(37(36)42)45-55(52,53)48-15-12-29(40)22-48/h4-9,16-18,24-26,29,45H,10-15,19-23H2,1-3H3,(H,43,44)/t24-,25+,29-/m1/s1. The van der Waals surface area contributed by atoms with Gasteiger partial charge in [0, 0.05) is 79.4 Å². The minimum absolute atomic E-state index is 0.0107. The van der Waals surface area contributed by atoms with Crippen molar-refractivity contribution in [2.45, 2.75) is 51.4 Å². The zero-order chi connectivity index (χ0) is 39.0. The summed E-state index contributed by atoms with van der Waals surface area (Å²) in [6.45, 7) is 9.09. The van der Waals surface area contributed by atoms with Gasteiger partial charge in [-0.15, -0.1) is 0 Å². The molecule has 3 aliphatic heterocycles. The van der Waals surface area contributed by atoms with E-state index in [1.807, 2.05) is 16.9 Å². The number of hydrogen-bond donors (Lipinski definition) is 2. The minimum Gasteiger partial charge on any atom is -0.468 e. The van der Waals surface area contributed by atoms with Crippen LogP contribution in [-0.4, -0.2) is 122 Å². The van der Waals surface area contributed by atoms with E-state index in [-0.39, 0.29) is 43.1 Å². The number of nitrogens with zero attached hydrogens (tertiary/aromatic N) is 5. The molecule has 2 aromatic heterocycles. The number of H-pyrrole nitrogens is 1. The summed E-state index contributed by atoms with van der Waals surface area (Å²) in [5, 5.41) is 0.343. The van der Waals surface area contributed by atoms with Gasteiger partial charge in [-0.2, -0.15) is 12.7 Å². The lowest BCUT2D eigenvalue weighted by Gasteiger charge is -2.47. The third-order valence-electron chi connectivity index (χ3n) is 11.1. The van der Waals surface area contributed by atoms with Crippen molar-refractivity contribution in [1.82, 2.24) is 24.1 Å². The van der Waals surface area contributed by atoms with Crippen molar-refractivity contribution in [2.24, 2.45) is 5.92 Å². The molecule has 16 heteroatoms. The molecule has 3 atom stereocenters. The number of ether oxygens (including phenoxy) is 1. The molecule has 294 valence electrons. The summed E-state index contributed by atoms with van der Waals surface area (Å²) in [6, 6.07) is 12.1. The van der Waals surface area contributed by atoms with Crippen LogP contribution in [0.2, 0.25) is 0 Å². The number of methoxy groups -OCH3 is 1. The van der Waals surface area contributed by atoms with E-state index < -0.39 is 45.0 Å².